The molecule has 1 aromatic heterocycles. The molecule has 0 aliphatic carbocycles. The molecule has 72 valence electrons. The molecule has 0 fully saturated rings. The summed E-state index contributed by atoms with van der Waals surface area (Å²) >= 11 is 2.11. The molecule has 1 heterocycles. The van der Waals surface area contributed by atoms with Crippen LogP contribution in [0.15, 0.2) is 29.1 Å². The number of methoxy groups -OCH3 is 1. The predicted molar refractivity (Wildman–Crippen MR) is 63.8 cm³/mol. The number of fused-ring (bicyclic) bond motifs is 1. The van der Waals surface area contributed by atoms with Crippen molar-refractivity contribution >= 4 is 33.4 Å². The zero-order chi connectivity index (χ0) is 10.1. The first kappa shape index (κ1) is 9.51. The van der Waals surface area contributed by atoms with Crippen molar-refractivity contribution in [2.45, 2.75) is 0 Å². The van der Waals surface area contributed by atoms with Crippen LogP contribution >= 0.6 is 22.6 Å². The number of pyridine rings is 1. The molecule has 4 heteroatoms. The third kappa shape index (κ3) is 1.61. The van der Waals surface area contributed by atoms with Gasteiger partial charge in [0, 0.05) is 11.5 Å². The quantitative estimate of drug-likeness (QED) is 0.648. The first-order valence-electron chi connectivity index (χ1n) is 4.07. The van der Waals surface area contributed by atoms with Crippen molar-refractivity contribution in [2.75, 3.05) is 7.11 Å². The number of hydrogen-bond acceptors (Lipinski definition) is 2. The number of halogens is 1. The first-order valence-corrected chi connectivity index (χ1v) is 5.15. The molecule has 3 nitrogen and oxygen atoms in total. The Labute approximate surface area is 94.2 Å². The summed E-state index contributed by atoms with van der Waals surface area (Å²) in [6.07, 6.45) is 0. The van der Waals surface area contributed by atoms with Crippen molar-refractivity contribution in [3.8, 4) is 5.75 Å². The SMILES string of the molecule is COc1ccc2cc(=O)[nH]c(I)c2c1. The number of rotatable bonds is 1. The molecule has 0 aliphatic rings. The van der Waals surface area contributed by atoms with Crippen molar-refractivity contribution in [2.24, 2.45) is 0 Å². The second-order valence-corrected chi connectivity index (χ2v) is 3.98. The number of aromatic nitrogens is 1. The molecular weight excluding hydrogens is 293 g/mol. The Kier molecular flexibility index (Phi) is 2.45. The molecule has 0 atom stereocenters. The van der Waals surface area contributed by atoms with Crippen LogP contribution in [-0.2, 0) is 0 Å². The van der Waals surface area contributed by atoms with Crippen LogP contribution in [0.2, 0.25) is 0 Å². The molecule has 0 saturated carbocycles. The number of H-pyrrole nitrogens is 1. The van der Waals surface area contributed by atoms with Crippen molar-refractivity contribution in [1.29, 1.82) is 0 Å². The van der Waals surface area contributed by atoms with Crippen LogP contribution in [-0.4, -0.2) is 12.1 Å². The van der Waals surface area contributed by atoms with Gasteiger partial charge in [0.25, 0.3) is 0 Å². The molecular formula is C10H8INO2. The van der Waals surface area contributed by atoms with Crippen molar-refractivity contribution in [1.82, 2.24) is 4.98 Å². The number of hydrogen-bond donors (Lipinski definition) is 1. The summed E-state index contributed by atoms with van der Waals surface area (Å²) in [7, 11) is 1.62. The summed E-state index contributed by atoms with van der Waals surface area (Å²) in [5.74, 6) is 0.794. The van der Waals surface area contributed by atoms with Gasteiger partial charge in [-0.25, -0.2) is 0 Å². The minimum atomic E-state index is -0.0768. The van der Waals surface area contributed by atoms with Crippen LogP contribution in [0.3, 0.4) is 0 Å². The number of ether oxygens (including phenoxy) is 1. The summed E-state index contributed by atoms with van der Waals surface area (Å²) in [6, 6.07) is 7.22. The first-order chi connectivity index (χ1) is 6.70. The molecule has 2 rings (SSSR count). The Balaban J connectivity index is 2.82. The average Bonchev–Trinajstić information content (AvgIpc) is 2.17. The second kappa shape index (κ2) is 3.61. The van der Waals surface area contributed by atoms with Crippen LogP contribution in [0.4, 0.5) is 0 Å². The molecule has 0 spiro atoms. The summed E-state index contributed by atoms with van der Waals surface area (Å²) in [5.41, 5.74) is -0.0768. The Morgan fingerprint density at radius 2 is 2.14 bits per heavy atom. The average molecular weight is 301 g/mol. The standard InChI is InChI=1S/C10H8INO2/c1-14-7-3-2-6-4-9(13)12-10(11)8(6)5-7/h2-5H,1H3,(H,12,13). The highest BCUT2D eigenvalue weighted by atomic mass is 127. The topological polar surface area (TPSA) is 42.1 Å². The van der Waals surface area contributed by atoms with E-state index in [1.807, 2.05) is 18.2 Å². The maximum atomic E-state index is 11.2. The van der Waals surface area contributed by atoms with Crippen LogP contribution in [0, 0.1) is 3.70 Å². The van der Waals surface area contributed by atoms with Gasteiger partial charge in [0.1, 0.15) is 5.75 Å². The maximum Gasteiger partial charge on any atom is 0.249 e. The lowest BCUT2D eigenvalue weighted by molar-refractivity contribution is 0.415. The van der Waals surface area contributed by atoms with E-state index >= 15 is 0 Å². The Morgan fingerprint density at radius 1 is 1.36 bits per heavy atom. The molecule has 1 aromatic carbocycles. The van der Waals surface area contributed by atoms with Gasteiger partial charge < -0.3 is 9.72 Å². The third-order valence-electron chi connectivity index (χ3n) is 2.02. The lowest BCUT2D eigenvalue weighted by atomic mass is 10.2. The molecule has 14 heavy (non-hydrogen) atoms. The third-order valence-corrected chi connectivity index (χ3v) is 2.87. The molecule has 0 saturated heterocycles. The largest absolute Gasteiger partial charge is 0.497 e. The Bertz CT molecular complexity index is 533. The van der Waals surface area contributed by atoms with Crippen LogP contribution in [0.25, 0.3) is 10.8 Å². The summed E-state index contributed by atoms with van der Waals surface area (Å²) in [4.78, 5) is 13.9. The fourth-order valence-electron chi connectivity index (χ4n) is 1.33. The molecule has 0 aliphatic heterocycles. The van der Waals surface area contributed by atoms with Gasteiger partial charge in [0.2, 0.25) is 5.56 Å². The monoisotopic (exact) mass is 301 g/mol. The van der Waals surface area contributed by atoms with E-state index in [-0.39, 0.29) is 5.56 Å². The smallest absolute Gasteiger partial charge is 0.249 e. The van der Waals surface area contributed by atoms with Crippen molar-refractivity contribution in [3.63, 3.8) is 0 Å². The van der Waals surface area contributed by atoms with Crippen LogP contribution < -0.4 is 10.3 Å². The van der Waals surface area contributed by atoms with Gasteiger partial charge in [0.15, 0.2) is 0 Å². The highest BCUT2D eigenvalue weighted by Crippen LogP contribution is 2.22. The Hall–Kier alpha value is -1.04. The predicted octanol–water partition coefficient (Wildman–Crippen LogP) is 2.14. The molecule has 2 aromatic rings. The summed E-state index contributed by atoms with van der Waals surface area (Å²) in [5, 5.41) is 1.93. The van der Waals surface area contributed by atoms with E-state index in [0.717, 1.165) is 20.2 Å². The number of nitrogens with one attached hydrogen (secondary N) is 1. The highest BCUT2D eigenvalue weighted by molar-refractivity contribution is 14.1. The second-order valence-electron chi connectivity index (χ2n) is 2.90. The summed E-state index contributed by atoms with van der Waals surface area (Å²) in [6.45, 7) is 0. The van der Waals surface area contributed by atoms with Crippen LogP contribution in [0.5, 0.6) is 5.75 Å². The van der Waals surface area contributed by atoms with Gasteiger partial charge in [0.05, 0.1) is 10.8 Å². The molecule has 1 N–H and O–H groups in total. The fraction of sp³-hybridized carbons (Fsp3) is 0.100. The van der Waals surface area contributed by atoms with Gasteiger partial charge in [-0.05, 0) is 40.1 Å². The van der Waals surface area contributed by atoms with E-state index in [2.05, 4.69) is 27.6 Å². The molecule has 0 unspecified atom stereocenters. The zero-order valence-electron chi connectivity index (χ0n) is 7.50. The van der Waals surface area contributed by atoms with Crippen LogP contribution in [0.1, 0.15) is 0 Å². The van der Waals surface area contributed by atoms with Gasteiger partial charge in [-0.2, -0.15) is 0 Å². The summed E-state index contributed by atoms with van der Waals surface area (Å²) < 4.78 is 5.95. The number of aromatic amines is 1. The lowest BCUT2D eigenvalue weighted by Crippen LogP contribution is -2.05. The van der Waals surface area contributed by atoms with Gasteiger partial charge in [-0.1, -0.05) is 6.07 Å². The van der Waals surface area contributed by atoms with E-state index in [9.17, 15) is 4.79 Å². The van der Waals surface area contributed by atoms with Crippen molar-refractivity contribution < 1.29 is 4.74 Å². The fourth-order valence-corrected chi connectivity index (χ4v) is 2.06. The van der Waals surface area contributed by atoms with E-state index in [1.54, 1.807) is 13.2 Å². The molecule has 0 radical (unpaired) electrons. The maximum absolute atomic E-state index is 11.2. The number of benzene rings is 1. The highest BCUT2D eigenvalue weighted by Gasteiger charge is 2.01. The van der Waals surface area contributed by atoms with Crippen molar-refractivity contribution in [3.05, 3.63) is 38.3 Å². The van der Waals surface area contributed by atoms with Gasteiger partial charge >= 0.3 is 0 Å². The van der Waals surface area contributed by atoms with E-state index < -0.39 is 0 Å². The van der Waals surface area contributed by atoms with E-state index in [1.165, 1.54) is 0 Å². The molecule has 0 bridgehead atoms. The lowest BCUT2D eigenvalue weighted by Gasteiger charge is -2.03. The minimum Gasteiger partial charge on any atom is -0.497 e. The Morgan fingerprint density at radius 3 is 2.86 bits per heavy atom. The normalized spacial score (nSPS) is 10.4. The van der Waals surface area contributed by atoms with Gasteiger partial charge in [-0.3, -0.25) is 4.79 Å². The van der Waals surface area contributed by atoms with E-state index in [0.29, 0.717) is 0 Å². The minimum absolute atomic E-state index is 0.0768. The zero-order valence-corrected chi connectivity index (χ0v) is 9.66. The molecule has 0 amide bonds. The van der Waals surface area contributed by atoms with Gasteiger partial charge in [-0.15, -0.1) is 0 Å². The van der Waals surface area contributed by atoms with E-state index in [4.69, 9.17) is 4.74 Å².